The van der Waals surface area contributed by atoms with E-state index in [2.05, 4.69) is 11.3 Å². The molecule has 0 bridgehead atoms. The molecule has 98 valence electrons. The second kappa shape index (κ2) is 4.87. The van der Waals surface area contributed by atoms with Crippen molar-refractivity contribution in [1.29, 1.82) is 0 Å². The van der Waals surface area contributed by atoms with Crippen molar-refractivity contribution in [2.75, 3.05) is 5.43 Å². The fourth-order valence-corrected chi connectivity index (χ4v) is 1.51. The number of quaternary nitrogens is 1. The molecule has 2 aromatic rings. The number of anilines is 1. The van der Waals surface area contributed by atoms with Crippen molar-refractivity contribution in [3.8, 4) is 0 Å². The van der Waals surface area contributed by atoms with Crippen LogP contribution >= 0.6 is 0 Å². The van der Waals surface area contributed by atoms with Crippen molar-refractivity contribution in [2.45, 2.75) is 6.18 Å². The Morgan fingerprint density at radius 1 is 1.22 bits per heavy atom. The van der Waals surface area contributed by atoms with Gasteiger partial charge in [-0.1, -0.05) is 0 Å². The molecule has 0 aliphatic heterocycles. The smallest absolute Gasteiger partial charge is 0.417 e. The van der Waals surface area contributed by atoms with Crippen molar-refractivity contribution < 1.29 is 35.8 Å². The molecule has 0 radical (unpaired) electrons. The fraction of sp³-hybridized carbons (Fsp3) is 0.100. The molecule has 4 nitrogen and oxygen atoms in total. The minimum absolute atomic E-state index is 0. The van der Waals surface area contributed by atoms with Crippen LogP contribution in [0.15, 0.2) is 33.5 Å². The molecular weight excluding hydrogens is 273 g/mol. The number of rotatable bonds is 1. The highest BCUT2D eigenvalue weighted by molar-refractivity contribution is 5.83. The van der Waals surface area contributed by atoms with E-state index in [0.29, 0.717) is 11.8 Å². The van der Waals surface area contributed by atoms with Gasteiger partial charge < -0.3 is 16.8 Å². The molecule has 2 rings (SSSR count). The first kappa shape index (κ1) is 14.3. The van der Waals surface area contributed by atoms with E-state index in [1.54, 1.807) is 0 Å². The first-order valence-corrected chi connectivity index (χ1v) is 4.60. The van der Waals surface area contributed by atoms with E-state index in [0.717, 1.165) is 0 Å². The van der Waals surface area contributed by atoms with E-state index in [1.807, 2.05) is 0 Å². The lowest BCUT2D eigenvalue weighted by Crippen LogP contribution is -3.00. The predicted octanol–water partition coefficient (Wildman–Crippen LogP) is -1.62. The quantitative estimate of drug-likeness (QED) is 0.488. The zero-order chi connectivity index (χ0) is 12.6. The Balaban J connectivity index is 0.00000162. The van der Waals surface area contributed by atoms with Crippen LogP contribution in [0.5, 0.6) is 0 Å². The number of alkyl halides is 3. The Hall–Kier alpha value is -1.73. The Bertz CT molecular complexity index is 625. The van der Waals surface area contributed by atoms with Gasteiger partial charge in [0.15, 0.2) is 0 Å². The zero-order valence-corrected chi connectivity index (χ0v) is 9.60. The van der Waals surface area contributed by atoms with Gasteiger partial charge in [-0.25, -0.2) is 10.2 Å². The third-order valence-electron chi connectivity index (χ3n) is 2.25. The molecule has 0 aliphatic carbocycles. The molecule has 0 aliphatic rings. The summed E-state index contributed by atoms with van der Waals surface area (Å²) in [6.07, 6.45) is -4.59. The number of halogens is 4. The number of nitrogens with one attached hydrogen (secondary N) is 1. The van der Waals surface area contributed by atoms with Crippen molar-refractivity contribution in [1.82, 2.24) is 0 Å². The van der Waals surface area contributed by atoms with Gasteiger partial charge in [-0.2, -0.15) is 13.2 Å². The topological polar surface area (TPSA) is 69.9 Å². The summed E-state index contributed by atoms with van der Waals surface area (Å²) in [6.45, 7) is 0. The van der Waals surface area contributed by atoms with Crippen molar-refractivity contribution in [3.05, 3.63) is 40.2 Å². The Labute approximate surface area is 105 Å². The molecule has 8 heteroatoms. The Morgan fingerprint density at radius 2 is 1.89 bits per heavy atom. The SMILES string of the molecule is [Cl-].[NH3+]Nc1ccc2c(C(F)(F)F)cc(=O)oc2c1. The minimum Gasteiger partial charge on any atom is -1.00 e. The molecule has 0 saturated heterocycles. The van der Waals surface area contributed by atoms with Gasteiger partial charge in [-0.05, 0) is 12.1 Å². The van der Waals surface area contributed by atoms with Gasteiger partial charge in [0.1, 0.15) is 5.58 Å². The van der Waals surface area contributed by atoms with Crippen LogP contribution in [0.4, 0.5) is 18.9 Å². The van der Waals surface area contributed by atoms with E-state index >= 15 is 0 Å². The summed E-state index contributed by atoms with van der Waals surface area (Å²) in [7, 11) is 0. The van der Waals surface area contributed by atoms with Crippen LogP contribution in [0.3, 0.4) is 0 Å². The minimum atomic E-state index is -4.59. The summed E-state index contributed by atoms with van der Waals surface area (Å²) in [5.74, 6) is 3.36. The van der Waals surface area contributed by atoms with Crippen LogP contribution in [0.2, 0.25) is 0 Å². The third-order valence-corrected chi connectivity index (χ3v) is 2.25. The molecule has 0 unspecified atom stereocenters. The second-order valence-corrected chi connectivity index (χ2v) is 3.36. The fourth-order valence-electron chi connectivity index (χ4n) is 1.51. The summed E-state index contributed by atoms with van der Waals surface area (Å²) in [6, 6.07) is 4.39. The average Bonchev–Trinajstić information content (AvgIpc) is 2.25. The van der Waals surface area contributed by atoms with E-state index in [-0.39, 0.29) is 23.4 Å². The third kappa shape index (κ3) is 2.57. The summed E-state index contributed by atoms with van der Waals surface area (Å²) in [5.41, 5.74) is 0.799. The van der Waals surface area contributed by atoms with Crippen LogP contribution in [0, 0.1) is 0 Å². The number of hydrogen-bond donors (Lipinski definition) is 2. The maximum atomic E-state index is 12.7. The molecule has 0 atom stereocenters. The van der Waals surface area contributed by atoms with Gasteiger partial charge in [0, 0.05) is 17.5 Å². The van der Waals surface area contributed by atoms with E-state index in [9.17, 15) is 18.0 Å². The zero-order valence-electron chi connectivity index (χ0n) is 8.84. The maximum Gasteiger partial charge on any atom is 0.417 e. The first-order chi connectivity index (χ1) is 7.91. The molecule has 1 aromatic heterocycles. The summed E-state index contributed by atoms with van der Waals surface area (Å²) >= 11 is 0. The number of fused-ring (bicyclic) bond motifs is 1. The standard InChI is InChI=1S/C10H7F3N2O2.ClH/c11-10(12,13)7-4-9(16)17-8-3-5(15-14)1-2-6(7)8;/h1-4,15H,14H2;1H. The normalized spacial score (nSPS) is 11.1. The van der Waals surface area contributed by atoms with E-state index in [1.165, 1.54) is 18.2 Å². The van der Waals surface area contributed by atoms with Crippen LogP contribution in [-0.2, 0) is 6.18 Å². The van der Waals surface area contributed by atoms with Gasteiger partial charge in [-0.15, -0.1) is 0 Å². The van der Waals surface area contributed by atoms with Crippen molar-refractivity contribution in [3.63, 3.8) is 0 Å². The monoisotopic (exact) mass is 280 g/mol. The highest BCUT2D eigenvalue weighted by Gasteiger charge is 2.33. The van der Waals surface area contributed by atoms with E-state index < -0.39 is 17.4 Å². The number of benzene rings is 1. The highest BCUT2D eigenvalue weighted by atomic mass is 35.5. The molecule has 0 saturated carbocycles. The van der Waals surface area contributed by atoms with Gasteiger partial charge in [0.05, 0.1) is 11.3 Å². The highest BCUT2D eigenvalue weighted by Crippen LogP contribution is 2.34. The lowest BCUT2D eigenvalue weighted by atomic mass is 10.1. The van der Waals surface area contributed by atoms with Gasteiger partial charge in [0.25, 0.3) is 0 Å². The average molecular weight is 281 g/mol. The number of hydrogen-bond acceptors (Lipinski definition) is 3. The van der Waals surface area contributed by atoms with Crippen molar-refractivity contribution in [2.24, 2.45) is 0 Å². The van der Waals surface area contributed by atoms with Crippen LogP contribution in [0.25, 0.3) is 11.0 Å². The largest absolute Gasteiger partial charge is 1.00 e. The summed E-state index contributed by atoms with van der Waals surface area (Å²) < 4.78 is 42.7. The molecular formula is C10H8ClF3N2O2. The van der Waals surface area contributed by atoms with Gasteiger partial charge in [-0.3, -0.25) is 5.84 Å². The van der Waals surface area contributed by atoms with Gasteiger partial charge in [0.2, 0.25) is 0 Å². The molecule has 0 fully saturated rings. The molecule has 0 spiro atoms. The Kier molecular flexibility index (Phi) is 3.88. The predicted molar refractivity (Wildman–Crippen MR) is 54.0 cm³/mol. The van der Waals surface area contributed by atoms with Crippen molar-refractivity contribution >= 4 is 16.7 Å². The lowest BCUT2D eigenvalue weighted by molar-refractivity contribution is -0.325. The molecule has 4 N–H and O–H groups in total. The summed E-state index contributed by atoms with van der Waals surface area (Å²) in [5, 5.41) is -0.156. The molecule has 1 heterocycles. The van der Waals surface area contributed by atoms with Gasteiger partial charge >= 0.3 is 11.8 Å². The summed E-state index contributed by atoms with van der Waals surface area (Å²) in [4.78, 5) is 11.0. The lowest BCUT2D eigenvalue weighted by Gasteiger charge is -2.09. The maximum absolute atomic E-state index is 12.7. The molecule has 0 amide bonds. The molecule has 18 heavy (non-hydrogen) atoms. The van der Waals surface area contributed by atoms with E-state index in [4.69, 9.17) is 4.42 Å². The van der Waals surface area contributed by atoms with Crippen LogP contribution in [0.1, 0.15) is 5.56 Å². The molecule has 1 aromatic carbocycles. The Morgan fingerprint density at radius 3 is 2.44 bits per heavy atom. The van der Waals surface area contributed by atoms with Crippen LogP contribution < -0.4 is 29.3 Å². The van der Waals surface area contributed by atoms with Crippen LogP contribution in [-0.4, -0.2) is 0 Å². The second-order valence-electron chi connectivity index (χ2n) is 3.36. The first-order valence-electron chi connectivity index (χ1n) is 4.60.